The van der Waals surface area contributed by atoms with Crippen LogP contribution in [0.25, 0.3) is 0 Å². The number of nitro groups is 1. The largest absolute Gasteiger partial charge is 0.474 e. The first-order chi connectivity index (χ1) is 10.0. The van der Waals surface area contributed by atoms with Crippen molar-refractivity contribution in [2.75, 3.05) is 7.11 Å². The second kappa shape index (κ2) is 6.51. The summed E-state index contributed by atoms with van der Waals surface area (Å²) in [6, 6.07) is 1.57. The number of esters is 1. The van der Waals surface area contributed by atoms with E-state index in [0.29, 0.717) is 11.4 Å². The first-order valence-corrected chi connectivity index (χ1v) is 6.86. The Balaban J connectivity index is 1.93. The predicted octanol–water partition coefficient (Wildman–Crippen LogP) is 2.41. The number of aryl methyl sites for hydroxylation is 1. The fourth-order valence-corrected chi connectivity index (χ4v) is 2.53. The molecule has 0 spiro atoms. The maximum absolute atomic E-state index is 11.4. The number of rotatable bonds is 4. The van der Waals surface area contributed by atoms with E-state index in [2.05, 4.69) is 4.98 Å². The van der Waals surface area contributed by atoms with E-state index >= 15 is 0 Å². The van der Waals surface area contributed by atoms with Gasteiger partial charge in [-0.15, -0.1) is 0 Å². The van der Waals surface area contributed by atoms with Crippen LogP contribution in [-0.2, 0) is 9.53 Å². The summed E-state index contributed by atoms with van der Waals surface area (Å²) in [6.45, 7) is 1.65. The molecule has 0 unspecified atom stereocenters. The number of ether oxygens (including phenoxy) is 2. The number of methoxy groups -OCH3 is 1. The molecule has 1 aliphatic carbocycles. The van der Waals surface area contributed by atoms with Gasteiger partial charge in [-0.25, -0.2) is 4.98 Å². The van der Waals surface area contributed by atoms with Crippen LogP contribution in [0.15, 0.2) is 12.3 Å². The Morgan fingerprint density at radius 1 is 1.38 bits per heavy atom. The highest BCUT2D eigenvalue weighted by Gasteiger charge is 2.28. The van der Waals surface area contributed by atoms with E-state index in [1.54, 1.807) is 13.0 Å². The topological polar surface area (TPSA) is 91.6 Å². The Morgan fingerprint density at radius 3 is 2.57 bits per heavy atom. The average Bonchev–Trinajstić information content (AvgIpc) is 2.47. The number of carbonyl (C=O) groups is 1. The Labute approximate surface area is 122 Å². The Morgan fingerprint density at radius 2 is 2.05 bits per heavy atom. The molecule has 0 radical (unpaired) electrons. The van der Waals surface area contributed by atoms with Crippen molar-refractivity contribution in [3.05, 3.63) is 27.9 Å². The number of hydrogen-bond donors (Lipinski definition) is 0. The van der Waals surface area contributed by atoms with Crippen molar-refractivity contribution in [2.24, 2.45) is 5.92 Å². The second-order valence-electron chi connectivity index (χ2n) is 5.18. The lowest BCUT2D eigenvalue weighted by molar-refractivity contribution is -0.385. The Bertz CT molecular complexity index is 538. The van der Waals surface area contributed by atoms with Gasteiger partial charge in [-0.05, 0) is 32.6 Å². The van der Waals surface area contributed by atoms with Crippen LogP contribution < -0.4 is 4.74 Å². The molecule has 1 heterocycles. The van der Waals surface area contributed by atoms with Crippen LogP contribution in [0.1, 0.15) is 31.2 Å². The molecule has 114 valence electrons. The molecule has 1 saturated carbocycles. The molecule has 0 amide bonds. The van der Waals surface area contributed by atoms with E-state index in [4.69, 9.17) is 9.47 Å². The Hall–Kier alpha value is -2.18. The van der Waals surface area contributed by atoms with Crippen molar-refractivity contribution in [3.8, 4) is 5.88 Å². The lowest BCUT2D eigenvalue weighted by Crippen LogP contribution is -2.28. The van der Waals surface area contributed by atoms with Crippen LogP contribution in [-0.4, -0.2) is 29.1 Å². The molecule has 0 atom stereocenters. The third kappa shape index (κ3) is 3.68. The summed E-state index contributed by atoms with van der Waals surface area (Å²) < 4.78 is 10.5. The molecule has 1 aromatic rings. The van der Waals surface area contributed by atoms with Gasteiger partial charge in [0, 0.05) is 11.6 Å². The minimum absolute atomic E-state index is 0.0146. The molecule has 7 heteroatoms. The van der Waals surface area contributed by atoms with Crippen LogP contribution in [0.4, 0.5) is 5.69 Å². The summed E-state index contributed by atoms with van der Waals surface area (Å²) in [7, 11) is 1.40. The molecule has 2 rings (SSSR count). The quantitative estimate of drug-likeness (QED) is 0.481. The van der Waals surface area contributed by atoms with Gasteiger partial charge in [0.2, 0.25) is 5.88 Å². The summed E-state index contributed by atoms with van der Waals surface area (Å²) in [6.07, 6.45) is 4.14. The second-order valence-corrected chi connectivity index (χ2v) is 5.18. The van der Waals surface area contributed by atoms with E-state index in [1.165, 1.54) is 13.3 Å². The van der Waals surface area contributed by atoms with Crippen molar-refractivity contribution >= 4 is 11.7 Å². The molecule has 0 bridgehead atoms. The SMILES string of the molecule is COC(=O)[C@H]1CC[C@H](Oc2cc(C)c([N+](=O)[O-])cn2)CC1. The van der Waals surface area contributed by atoms with Crippen molar-refractivity contribution in [1.82, 2.24) is 4.98 Å². The van der Waals surface area contributed by atoms with Gasteiger partial charge in [0.05, 0.1) is 18.0 Å². The van der Waals surface area contributed by atoms with Crippen LogP contribution >= 0.6 is 0 Å². The summed E-state index contributed by atoms with van der Waals surface area (Å²) in [5.41, 5.74) is 0.505. The van der Waals surface area contributed by atoms with Crippen molar-refractivity contribution in [1.29, 1.82) is 0 Å². The molecule has 0 N–H and O–H groups in total. The smallest absolute Gasteiger partial charge is 0.308 e. The van der Waals surface area contributed by atoms with Gasteiger partial charge in [-0.1, -0.05) is 0 Å². The van der Waals surface area contributed by atoms with Gasteiger partial charge in [0.15, 0.2) is 0 Å². The highest BCUT2D eigenvalue weighted by Crippen LogP contribution is 2.29. The van der Waals surface area contributed by atoms with Crippen LogP contribution in [0.2, 0.25) is 0 Å². The number of pyridine rings is 1. The predicted molar refractivity (Wildman–Crippen MR) is 74.0 cm³/mol. The molecule has 0 aromatic carbocycles. The van der Waals surface area contributed by atoms with Gasteiger partial charge < -0.3 is 9.47 Å². The summed E-state index contributed by atoms with van der Waals surface area (Å²) >= 11 is 0. The first-order valence-electron chi connectivity index (χ1n) is 6.86. The van der Waals surface area contributed by atoms with Gasteiger partial charge in [0.1, 0.15) is 12.3 Å². The van der Waals surface area contributed by atoms with Crippen molar-refractivity contribution < 1.29 is 19.2 Å². The third-order valence-electron chi connectivity index (χ3n) is 3.75. The molecule has 1 aromatic heterocycles. The zero-order valence-corrected chi connectivity index (χ0v) is 12.1. The van der Waals surface area contributed by atoms with Gasteiger partial charge in [-0.3, -0.25) is 14.9 Å². The molecular formula is C14H18N2O5. The Kier molecular flexibility index (Phi) is 4.72. The average molecular weight is 294 g/mol. The summed E-state index contributed by atoms with van der Waals surface area (Å²) in [4.78, 5) is 25.7. The van der Waals surface area contributed by atoms with Gasteiger partial charge in [0.25, 0.3) is 5.69 Å². The fraction of sp³-hybridized carbons (Fsp3) is 0.571. The minimum atomic E-state index is -0.465. The minimum Gasteiger partial charge on any atom is -0.474 e. The van der Waals surface area contributed by atoms with E-state index in [1.807, 2.05) is 0 Å². The first kappa shape index (κ1) is 15.2. The lowest BCUT2D eigenvalue weighted by Gasteiger charge is -2.27. The van der Waals surface area contributed by atoms with Gasteiger partial charge in [-0.2, -0.15) is 0 Å². The van der Waals surface area contributed by atoms with E-state index < -0.39 is 4.92 Å². The normalized spacial score (nSPS) is 21.6. The summed E-state index contributed by atoms with van der Waals surface area (Å²) in [5, 5.41) is 10.7. The molecule has 0 saturated heterocycles. The maximum Gasteiger partial charge on any atom is 0.308 e. The standard InChI is InChI=1S/C14H18N2O5/c1-9-7-13(15-8-12(9)16(18)19)21-11-5-3-10(4-6-11)14(17)20-2/h7-8,10-11H,3-6H2,1-2H3/t10-,11-. The number of carbonyl (C=O) groups excluding carboxylic acids is 1. The number of aromatic nitrogens is 1. The highest BCUT2D eigenvalue weighted by atomic mass is 16.6. The van der Waals surface area contributed by atoms with E-state index in [0.717, 1.165) is 25.7 Å². The highest BCUT2D eigenvalue weighted by molar-refractivity contribution is 5.72. The zero-order chi connectivity index (χ0) is 15.4. The number of nitrogens with zero attached hydrogens (tertiary/aromatic N) is 2. The zero-order valence-electron chi connectivity index (χ0n) is 12.1. The maximum atomic E-state index is 11.4. The van der Waals surface area contributed by atoms with E-state index in [9.17, 15) is 14.9 Å². The molecule has 7 nitrogen and oxygen atoms in total. The molecule has 1 fully saturated rings. The molecule has 0 aliphatic heterocycles. The third-order valence-corrected chi connectivity index (χ3v) is 3.75. The van der Waals surface area contributed by atoms with Gasteiger partial charge >= 0.3 is 5.97 Å². The molecular weight excluding hydrogens is 276 g/mol. The van der Waals surface area contributed by atoms with Crippen LogP contribution in [0, 0.1) is 23.0 Å². The van der Waals surface area contributed by atoms with Crippen LogP contribution in [0.3, 0.4) is 0 Å². The monoisotopic (exact) mass is 294 g/mol. The molecule has 21 heavy (non-hydrogen) atoms. The van der Waals surface area contributed by atoms with Crippen LogP contribution in [0.5, 0.6) is 5.88 Å². The van der Waals surface area contributed by atoms with Crippen molar-refractivity contribution in [3.63, 3.8) is 0 Å². The van der Waals surface area contributed by atoms with Crippen molar-refractivity contribution in [2.45, 2.75) is 38.7 Å². The number of hydrogen-bond acceptors (Lipinski definition) is 6. The summed E-state index contributed by atoms with van der Waals surface area (Å²) in [5.74, 6) is 0.166. The fourth-order valence-electron chi connectivity index (χ4n) is 2.53. The van der Waals surface area contributed by atoms with E-state index in [-0.39, 0.29) is 23.7 Å². The molecule has 1 aliphatic rings. The lowest BCUT2D eigenvalue weighted by atomic mass is 9.87.